The zero-order valence-electron chi connectivity index (χ0n) is 16.8. The number of aliphatic hydroxyl groups excluding tert-OH is 1. The normalized spacial score (nSPS) is 42.3. The van der Waals surface area contributed by atoms with Gasteiger partial charge in [0.25, 0.3) is 0 Å². The fourth-order valence-electron chi connectivity index (χ4n) is 4.07. The van der Waals surface area contributed by atoms with Crippen LogP contribution >= 0.6 is 6.72 Å². The summed E-state index contributed by atoms with van der Waals surface area (Å²) in [6.07, 6.45) is -0.950. The summed E-state index contributed by atoms with van der Waals surface area (Å²) < 4.78 is 22.5. The molecule has 6 nitrogen and oxygen atoms in total. The van der Waals surface area contributed by atoms with Crippen molar-refractivity contribution < 1.29 is 28.5 Å². The molecule has 2 fully saturated rings. The minimum atomic E-state index is -3.64. The van der Waals surface area contributed by atoms with Gasteiger partial charge in [-0.2, -0.15) is 0 Å². The molecular formula is C17H31B2O6PS. The molecule has 3 unspecified atom stereocenters. The molecule has 27 heavy (non-hydrogen) atoms. The molecule has 2 heterocycles. The van der Waals surface area contributed by atoms with Gasteiger partial charge in [0.15, 0.2) is 0 Å². The van der Waals surface area contributed by atoms with Gasteiger partial charge in [0.2, 0.25) is 0 Å². The quantitative estimate of drug-likeness (QED) is 0.485. The molecule has 2 rings (SSSR count). The molecular weight excluding hydrogens is 385 g/mol. The summed E-state index contributed by atoms with van der Waals surface area (Å²) in [5.74, 6) is 0.472. The van der Waals surface area contributed by atoms with Gasteiger partial charge in [0, 0.05) is 12.0 Å². The second kappa shape index (κ2) is 9.13. The van der Waals surface area contributed by atoms with Crippen molar-refractivity contribution in [1.82, 2.24) is 0 Å². The maximum atomic E-state index is 10.5. The van der Waals surface area contributed by atoms with Crippen molar-refractivity contribution in [1.29, 1.82) is 0 Å². The van der Waals surface area contributed by atoms with Crippen molar-refractivity contribution in [3.63, 3.8) is 0 Å². The summed E-state index contributed by atoms with van der Waals surface area (Å²) in [4.78, 5) is 10.5. The SMILES string of the molecule is [B][C@@H]1O[C@H](COP(O)(=S)O[C@H]2C(O)[C@@H](C(C)(C)C)O[C@H]2[B])C(CC)[C@@H]1CC. The Bertz CT molecular complexity index is 548. The molecule has 4 radical (unpaired) electrons. The number of ether oxygens (including phenoxy) is 2. The van der Waals surface area contributed by atoms with Crippen LogP contribution in [0, 0.1) is 17.3 Å². The highest BCUT2D eigenvalue weighted by atomic mass is 32.5. The lowest BCUT2D eigenvalue weighted by atomic mass is 9.77. The molecule has 152 valence electrons. The fourth-order valence-corrected chi connectivity index (χ4v) is 5.50. The smallest absolute Gasteiger partial charge is 0.325 e. The topological polar surface area (TPSA) is 77.4 Å². The van der Waals surface area contributed by atoms with E-state index in [-0.39, 0.29) is 36.0 Å². The molecule has 0 amide bonds. The molecule has 0 aromatic rings. The summed E-state index contributed by atoms with van der Waals surface area (Å²) in [6, 6.07) is -1.25. The zero-order chi connectivity index (χ0) is 20.6. The molecule has 0 aromatic carbocycles. The summed E-state index contributed by atoms with van der Waals surface area (Å²) in [5.41, 5.74) is -0.342. The van der Waals surface area contributed by atoms with E-state index in [0.29, 0.717) is 0 Å². The minimum absolute atomic E-state index is 0.0814. The summed E-state index contributed by atoms with van der Waals surface area (Å²) in [5, 5.41) is 10.5. The van der Waals surface area contributed by atoms with Crippen LogP contribution in [0.1, 0.15) is 47.5 Å². The highest BCUT2D eigenvalue weighted by Gasteiger charge is 2.49. The highest BCUT2D eigenvalue weighted by molar-refractivity contribution is 8.07. The van der Waals surface area contributed by atoms with E-state index in [1.165, 1.54) is 0 Å². The van der Waals surface area contributed by atoms with Crippen LogP contribution in [0.15, 0.2) is 0 Å². The van der Waals surface area contributed by atoms with Crippen molar-refractivity contribution in [2.45, 2.75) is 83.9 Å². The molecule has 2 N–H and O–H groups in total. The largest absolute Gasteiger partial charge is 0.388 e. The molecule has 0 saturated carbocycles. The first kappa shape index (κ1) is 23.8. The lowest BCUT2D eigenvalue weighted by Crippen LogP contribution is -2.40. The Labute approximate surface area is 170 Å². The van der Waals surface area contributed by atoms with E-state index in [9.17, 15) is 10.00 Å². The van der Waals surface area contributed by atoms with Gasteiger partial charge in [-0.3, -0.25) is 0 Å². The minimum Gasteiger partial charge on any atom is -0.388 e. The third-order valence-corrected chi connectivity index (χ3v) is 7.07. The van der Waals surface area contributed by atoms with Crippen LogP contribution in [0.4, 0.5) is 0 Å². The van der Waals surface area contributed by atoms with Crippen LogP contribution in [0.2, 0.25) is 0 Å². The molecule has 0 aromatic heterocycles. The van der Waals surface area contributed by atoms with Gasteiger partial charge < -0.3 is 28.5 Å². The van der Waals surface area contributed by atoms with Crippen molar-refractivity contribution >= 4 is 34.2 Å². The lowest BCUT2D eigenvalue weighted by molar-refractivity contribution is -0.0385. The Kier molecular flexibility index (Phi) is 8.05. The third-order valence-electron chi connectivity index (χ3n) is 5.51. The molecule has 10 heteroatoms. The van der Waals surface area contributed by atoms with Gasteiger partial charge >= 0.3 is 6.72 Å². The number of hydrogen-bond acceptors (Lipinski definition) is 6. The van der Waals surface area contributed by atoms with Crippen molar-refractivity contribution in [2.24, 2.45) is 17.3 Å². The van der Waals surface area contributed by atoms with Crippen molar-refractivity contribution in [3.05, 3.63) is 0 Å². The monoisotopic (exact) mass is 416 g/mol. The average molecular weight is 416 g/mol. The van der Waals surface area contributed by atoms with Crippen molar-refractivity contribution in [2.75, 3.05) is 6.61 Å². The zero-order valence-corrected chi connectivity index (χ0v) is 18.5. The summed E-state index contributed by atoms with van der Waals surface area (Å²) in [6.45, 7) is 6.38. The Morgan fingerprint density at radius 3 is 2.15 bits per heavy atom. The van der Waals surface area contributed by atoms with Gasteiger partial charge in [-0.15, -0.1) is 0 Å². The molecule has 2 aliphatic heterocycles. The van der Waals surface area contributed by atoms with E-state index < -0.39 is 31.0 Å². The van der Waals surface area contributed by atoms with E-state index in [1.807, 2.05) is 20.8 Å². The van der Waals surface area contributed by atoms with Crippen LogP contribution < -0.4 is 0 Å². The van der Waals surface area contributed by atoms with Gasteiger partial charge in [0.1, 0.15) is 27.9 Å². The second-order valence-electron chi connectivity index (χ2n) is 8.50. The van der Waals surface area contributed by atoms with Crippen molar-refractivity contribution in [3.8, 4) is 0 Å². The molecule has 2 saturated heterocycles. The predicted molar refractivity (Wildman–Crippen MR) is 109 cm³/mol. The van der Waals surface area contributed by atoms with Crippen LogP contribution in [-0.2, 0) is 30.3 Å². The highest BCUT2D eigenvalue weighted by Crippen LogP contribution is 2.49. The first-order valence-corrected chi connectivity index (χ1v) is 12.2. The molecule has 2 aliphatic rings. The summed E-state index contributed by atoms with van der Waals surface area (Å²) in [7, 11) is 12.0. The van der Waals surface area contributed by atoms with Crippen LogP contribution in [-0.4, -0.2) is 68.7 Å². The molecule has 0 aliphatic carbocycles. The van der Waals surface area contributed by atoms with E-state index >= 15 is 0 Å². The van der Waals surface area contributed by atoms with Gasteiger partial charge in [0.05, 0.1) is 18.8 Å². The van der Waals surface area contributed by atoms with Crippen LogP contribution in [0.25, 0.3) is 0 Å². The Hall–Kier alpha value is 0.540. The summed E-state index contributed by atoms with van der Waals surface area (Å²) >= 11 is 5.13. The first-order chi connectivity index (χ1) is 12.4. The van der Waals surface area contributed by atoms with Crippen LogP contribution in [0.5, 0.6) is 0 Å². The fraction of sp³-hybridized carbons (Fsp3) is 1.00. The standard InChI is InChI=1S/C17H31B2O6PS/c1-6-9-10(7-2)15(18)23-11(9)8-22-26(21,27)25-13-12(20)14(17(3,4)5)24-16(13)19/h9-16,20H,6-8H2,1-5H3,(H,21,27)/t9?,10-,11+,12?,13-,14-,15+,16+,26?/m0/s1. The average Bonchev–Trinajstić information content (AvgIpc) is 3.02. The Morgan fingerprint density at radius 2 is 1.67 bits per heavy atom. The van der Waals surface area contributed by atoms with Gasteiger partial charge in [-0.25, -0.2) is 0 Å². The Balaban J connectivity index is 1.96. The number of rotatable bonds is 7. The third kappa shape index (κ3) is 5.58. The first-order valence-electron chi connectivity index (χ1n) is 9.57. The van der Waals surface area contributed by atoms with Gasteiger partial charge in [-0.1, -0.05) is 47.5 Å². The molecule has 0 bridgehead atoms. The van der Waals surface area contributed by atoms with E-state index in [0.717, 1.165) is 12.8 Å². The van der Waals surface area contributed by atoms with E-state index in [2.05, 4.69) is 13.8 Å². The molecule has 9 atom stereocenters. The number of hydrogen-bond donors (Lipinski definition) is 2. The maximum Gasteiger partial charge on any atom is 0.325 e. The van der Waals surface area contributed by atoms with Gasteiger partial charge in [-0.05, 0) is 29.1 Å². The molecule has 0 spiro atoms. The second-order valence-corrected chi connectivity index (χ2v) is 11.3. The van der Waals surface area contributed by atoms with Crippen LogP contribution in [0.3, 0.4) is 0 Å². The Morgan fingerprint density at radius 1 is 1.07 bits per heavy atom. The predicted octanol–water partition coefficient (Wildman–Crippen LogP) is 1.85. The van der Waals surface area contributed by atoms with E-state index in [4.69, 9.17) is 46.0 Å². The van der Waals surface area contributed by atoms with E-state index in [1.54, 1.807) is 0 Å². The number of aliphatic hydroxyl groups is 1. The maximum absolute atomic E-state index is 10.5. The lowest BCUT2D eigenvalue weighted by Gasteiger charge is -2.30.